The van der Waals surface area contributed by atoms with E-state index >= 15 is 0 Å². The van der Waals surface area contributed by atoms with Crippen molar-refractivity contribution in [3.8, 4) is 11.5 Å². The van der Waals surface area contributed by atoms with Gasteiger partial charge in [0.1, 0.15) is 42.5 Å². The maximum absolute atomic E-state index is 13.6. The summed E-state index contributed by atoms with van der Waals surface area (Å²) in [6.07, 6.45) is 2.21. The van der Waals surface area contributed by atoms with Gasteiger partial charge in [0, 0.05) is 24.1 Å². The van der Waals surface area contributed by atoms with Gasteiger partial charge in [0.25, 0.3) is 5.91 Å². The van der Waals surface area contributed by atoms with Crippen molar-refractivity contribution in [2.24, 2.45) is 0 Å². The van der Waals surface area contributed by atoms with E-state index in [2.05, 4.69) is 15.2 Å². The zero-order valence-electron chi connectivity index (χ0n) is 24.1. The van der Waals surface area contributed by atoms with Crippen LogP contribution in [0.15, 0.2) is 36.4 Å². The van der Waals surface area contributed by atoms with Crippen molar-refractivity contribution < 1.29 is 56.4 Å². The van der Waals surface area contributed by atoms with Crippen molar-refractivity contribution in [3.05, 3.63) is 58.1 Å². The second kappa shape index (κ2) is 17.2. The summed E-state index contributed by atoms with van der Waals surface area (Å²) in [5, 5.41) is 6.26. The van der Waals surface area contributed by atoms with E-state index in [1.807, 2.05) is 7.05 Å². The van der Waals surface area contributed by atoms with Crippen LogP contribution in [0.25, 0.3) is 0 Å². The second-order valence-corrected chi connectivity index (χ2v) is 11.7. The Morgan fingerprint density at radius 1 is 1.00 bits per heavy atom. The van der Waals surface area contributed by atoms with Crippen LogP contribution in [0.5, 0.6) is 11.5 Å². The number of carbonyl (C=O) groups is 3. The molecule has 0 saturated heterocycles. The molecular weight excluding hydrogens is 664 g/mol. The average Bonchev–Trinajstić information content (AvgIpc) is 3.01. The number of benzene rings is 2. The zero-order valence-corrected chi connectivity index (χ0v) is 26.5. The van der Waals surface area contributed by atoms with Crippen LogP contribution in [0.1, 0.15) is 32.1 Å². The smallest absolute Gasteiger partial charge is 0.486 e. The first-order valence-electron chi connectivity index (χ1n) is 13.6. The lowest BCUT2D eigenvalue weighted by Crippen LogP contribution is -2.70. The number of rotatable bonds is 13. The SMILES string of the molecule is CNC12CCC(NC(=O)COc3ccc(Cl)c(F)c3)(CC1)C(OC(=O)OCCOP(O)O)C2.O=CCOc1ccc(Cl)c(F)c1. The highest BCUT2D eigenvalue weighted by molar-refractivity contribution is 7.39. The first-order valence-corrected chi connectivity index (χ1v) is 15.6. The van der Waals surface area contributed by atoms with Gasteiger partial charge in [-0.2, -0.15) is 0 Å². The minimum atomic E-state index is -2.53. The minimum Gasteiger partial charge on any atom is -0.486 e. The largest absolute Gasteiger partial charge is 0.508 e. The van der Waals surface area contributed by atoms with Crippen LogP contribution >= 0.6 is 31.8 Å². The van der Waals surface area contributed by atoms with Crippen LogP contribution in [-0.2, 0) is 23.6 Å². The molecule has 0 radical (unpaired) electrons. The molecule has 0 aliphatic heterocycles. The Labute approximate surface area is 269 Å². The Morgan fingerprint density at radius 3 is 2.13 bits per heavy atom. The molecule has 3 saturated carbocycles. The van der Waals surface area contributed by atoms with Gasteiger partial charge in [0.05, 0.1) is 22.2 Å². The first kappa shape index (κ1) is 36.6. The highest BCUT2D eigenvalue weighted by Gasteiger charge is 2.56. The summed E-state index contributed by atoms with van der Waals surface area (Å²) >= 11 is 11.1. The van der Waals surface area contributed by atoms with Gasteiger partial charge in [0.15, 0.2) is 12.9 Å². The van der Waals surface area contributed by atoms with Crippen LogP contribution in [-0.4, -0.2) is 78.8 Å². The minimum absolute atomic E-state index is 0.0356. The Balaban J connectivity index is 0.000000385. The predicted molar refractivity (Wildman–Crippen MR) is 159 cm³/mol. The number of aldehydes is 1. The molecule has 2 aromatic rings. The molecule has 1 atom stereocenters. The van der Waals surface area contributed by atoms with Gasteiger partial charge in [-0.25, -0.2) is 13.6 Å². The predicted octanol–water partition coefficient (Wildman–Crippen LogP) is 4.46. The fraction of sp³-hybridized carbons (Fsp3) is 0.464. The van der Waals surface area contributed by atoms with Crippen LogP contribution in [0, 0.1) is 11.6 Å². The molecule has 0 aromatic heterocycles. The van der Waals surface area contributed by atoms with E-state index in [0.717, 1.165) is 25.0 Å². The lowest BCUT2D eigenvalue weighted by Gasteiger charge is -2.56. The fourth-order valence-corrected chi connectivity index (χ4v) is 5.56. The fourth-order valence-electron chi connectivity index (χ4n) is 5.08. The van der Waals surface area contributed by atoms with E-state index in [4.69, 9.17) is 51.9 Å². The Bertz CT molecular complexity index is 1320. The third-order valence-corrected chi connectivity index (χ3v) is 8.46. The van der Waals surface area contributed by atoms with Crippen molar-refractivity contribution in [3.63, 3.8) is 0 Å². The standard InChI is InChI=1S/C20H27ClFN2O8P.C8H6ClFO2/c1-23-19-4-6-20(7-5-19,16(11-19)32-18(26)29-8-9-31-33(27)28)24-17(25)12-30-13-2-3-14(21)15(22)10-13;9-7-2-1-6(5-8(7)10)12-4-3-11/h2-3,10,16,23,27-28H,4-9,11-12H2,1H3,(H,24,25);1-3,5H,4H2. The Hall–Kier alpha value is -2.84. The van der Waals surface area contributed by atoms with Crippen LogP contribution in [0.4, 0.5) is 13.6 Å². The number of ether oxygens (including phenoxy) is 4. The lowest BCUT2D eigenvalue weighted by atomic mass is 9.60. The summed E-state index contributed by atoms with van der Waals surface area (Å²) in [7, 11) is -0.679. The van der Waals surface area contributed by atoms with Crippen molar-refractivity contribution in [2.75, 3.05) is 33.5 Å². The van der Waals surface area contributed by atoms with Crippen molar-refractivity contribution in [1.82, 2.24) is 10.6 Å². The van der Waals surface area contributed by atoms with Crippen molar-refractivity contribution in [2.45, 2.75) is 49.3 Å². The molecular formula is C28H33Cl2F2N2O10P. The quantitative estimate of drug-likeness (QED) is 0.101. The van der Waals surface area contributed by atoms with Gasteiger partial charge in [0.2, 0.25) is 0 Å². The highest BCUT2D eigenvalue weighted by Crippen LogP contribution is 2.48. The summed E-state index contributed by atoms with van der Waals surface area (Å²) in [6.45, 7) is -0.835. The van der Waals surface area contributed by atoms with E-state index in [-0.39, 0.29) is 47.8 Å². The molecule has 1 unspecified atom stereocenters. The molecule has 2 aromatic carbocycles. The van der Waals surface area contributed by atoms with E-state index in [9.17, 15) is 23.2 Å². The van der Waals surface area contributed by atoms with Gasteiger partial charge in [-0.05, 0) is 57.0 Å². The van der Waals surface area contributed by atoms with Crippen LogP contribution in [0.3, 0.4) is 0 Å². The number of hydrogen-bond donors (Lipinski definition) is 4. The summed E-state index contributed by atoms with van der Waals surface area (Å²) < 4.78 is 51.5. The topological polar surface area (TPSA) is 162 Å². The molecule has 0 spiro atoms. The summed E-state index contributed by atoms with van der Waals surface area (Å²) in [5.74, 6) is -1.18. The third kappa shape index (κ3) is 10.9. The number of halogens is 4. The molecule has 0 heterocycles. The lowest BCUT2D eigenvalue weighted by molar-refractivity contribution is -0.134. The first-order chi connectivity index (χ1) is 21.4. The zero-order chi connectivity index (χ0) is 33.0. The van der Waals surface area contributed by atoms with Gasteiger partial charge >= 0.3 is 14.8 Å². The monoisotopic (exact) mass is 696 g/mol. The summed E-state index contributed by atoms with van der Waals surface area (Å²) in [4.78, 5) is 52.2. The van der Waals surface area contributed by atoms with Crippen LogP contribution in [0.2, 0.25) is 10.0 Å². The Kier molecular flexibility index (Phi) is 14.0. The third-order valence-electron chi connectivity index (χ3n) is 7.43. The van der Waals surface area contributed by atoms with Crippen molar-refractivity contribution >= 4 is 50.2 Å². The molecule has 1 amide bonds. The van der Waals surface area contributed by atoms with E-state index < -0.39 is 43.9 Å². The molecule has 3 aliphatic carbocycles. The maximum atomic E-state index is 13.6. The molecule has 4 N–H and O–H groups in total. The molecule has 45 heavy (non-hydrogen) atoms. The Morgan fingerprint density at radius 2 is 1.60 bits per heavy atom. The van der Waals surface area contributed by atoms with Crippen molar-refractivity contribution in [1.29, 1.82) is 0 Å². The van der Waals surface area contributed by atoms with Gasteiger partial charge < -0.3 is 43.9 Å². The van der Waals surface area contributed by atoms with E-state index in [1.54, 1.807) is 0 Å². The maximum Gasteiger partial charge on any atom is 0.508 e. The number of nitrogens with one attached hydrogen (secondary N) is 2. The van der Waals surface area contributed by atoms with Gasteiger partial charge in [-0.3, -0.25) is 9.59 Å². The molecule has 2 bridgehead atoms. The molecule has 5 rings (SSSR count). The molecule has 248 valence electrons. The number of hydrogen-bond acceptors (Lipinski definition) is 11. The average molecular weight is 697 g/mol. The van der Waals surface area contributed by atoms with E-state index in [1.165, 1.54) is 24.3 Å². The molecule has 3 fully saturated rings. The number of amides is 1. The molecule has 17 heteroatoms. The second-order valence-electron chi connectivity index (χ2n) is 10.1. The summed E-state index contributed by atoms with van der Waals surface area (Å²) in [5.41, 5.74) is -0.994. The highest BCUT2D eigenvalue weighted by atomic mass is 35.5. The molecule has 3 aliphatic rings. The van der Waals surface area contributed by atoms with Gasteiger partial charge in [-0.1, -0.05) is 23.2 Å². The normalized spacial score (nSPS) is 21.7. The summed E-state index contributed by atoms with van der Waals surface area (Å²) in [6, 6.07) is 7.89. The van der Waals surface area contributed by atoms with Gasteiger partial charge in [-0.15, -0.1) is 0 Å². The van der Waals surface area contributed by atoms with Crippen LogP contribution < -0.4 is 20.1 Å². The number of fused-ring (bicyclic) bond motifs is 3. The molecule has 12 nitrogen and oxygen atoms in total. The number of carbonyl (C=O) groups excluding carboxylic acids is 3. The van der Waals surface area contributed by atoms with E-state index in [0.29, 0.717) is 31.3 Å².